The van der Waals surface area contributed by atoms with Crippen molar-refractivity contribution in [3.05, 3.63) is 52.4 Å². The number of thiophene rings is 1. The molecule has 0 aliphatic carbocycles. The zero-order chi connectivity index (χ0) is 17.8. The number of carbonyl (C=O) groups is 1. The summed E-state index contributed by atoms with van der Waals surface area (Å²) in [5.41, 5.74) is 0.671. The van der Waals surface area contributed by atoms with Crippen molar-refractivity contribution in [2.45, 2.75) is 13.3 Å². The van der Waals surface area contributed by atoms with E-state index in [-0.39, 0.29) is 5.91 Å². The minimum Gasteiger partial charge on any atom is -0.497 e. The van der Waals surface area contributed by atoms with E-state index in [0.29, 0.717) is 22.2 Å². The number of benzene rings is 2. The molecule has 0 bridgehead atoms. The maximum absolute atomic E-state index is 12.6. The minimum atomic E-state index is -0.238. The Balaban J connectivity index is 1.84. The molecular weight excluding hydrogens is 358 g/mol. The van der Waals surface area contributed by atoms with Crippen molar-refractivity contribution in [3.63, 3.8) is 0 Å². The van der Waals surface area contributed by atoms with Crippen LogP contribution in [0.2, 0.25) is 5.02 Å². The number of methoxy groups -OCH3 is 1. The van der Waals surface area contributed by atoms with E-state index in [1.165, 1.54) is 11.3 Å². The molecule has 3 aromatic rings. The van der Waals surface area contributed by atoms with Gasteiger partial charge in [-0.2, -0.15) is 0 Å². The van der Waals surface area contributed by atoms with E-state index < -0.39 is 0 Å². The summed E-state index contributed by atoms with van der Waals surface area (Å²) in [6.07, 6.45) is 0.928. The van der Waals surface area contributed by atoms with Crippen molar-refractivity contribution >= 4 is 44.6 Å². The molecule has 0 aliphatic rings. The molecule has 0 fully saturated rings. The third kappa shape index (κ3) is 3.89. The van der Waals surface area contributed by atoms with Gasteiger partial charge in [0.15, 0.2) is 0 Å². The van der Waals surface area contributed by atoms with Crippen LogP contribution in [0.1, 0.15) is 23.0 Å². The highest BCUT2D eigenvalue weighted by Gasteiger charge is 2.18. The van der Waals surface area contributed by atoms with Crippen LogP contribution < -0.4 is 14.8 Å². The van der Waals surface area contributed by atoms with Crippen molar-refractivity contribution in [3.8, 4) is 11.5 Å². The van der Waals surface area contributed by atoms with Crippen LogP contribution in [-0.4, -0.2) is 19.6 Å². The van der Waals surface area contributed by atoms with Gasteiger partial charge in [-0.05, 0) is 36.8 Å². The topological polar surface area (TPSA) is 47.6 Å². The fourth-order valence-electron chi connectivity index (χ4n) is 2.39. The summed E-state index contributed by atoms with van der Waals surface area (Å²) in [6.45, 7) is 2.69. The molecule has 0 aliphatic heterocycles. The van der Waals surface area contributed by atoms with E-state index in [1.54, 1.807) is 13.2 Å². The lowest BCUT2D eigenvalue weighted by Gasteiger charge is -2.08. The smallest absolute Gasteiger partial charge is 0.267 e. The highest BCUT2D eigenvalue weighted by atomic mass is 35.5. The van der Waals surface area contributed by atoms with Crippen LogP contribution in [0.4, 0.5) is 5.69 Å². The Morgan fingerprint density at radius 1 is 1.20 bits per heavy atom. The van der Waals surface area contributed by atoms with E-state index in [2.05, 4.69) is 5.32 Å². The second kappa shape index (κ2) is 7.76. The lowest BCUT2D eigenvalue weighted by molar-refractivity contribution is 0.103. The normalized spacial score (nSPS) is 10.7. The fourth-order valence-corrected chi connectivity index (χ4v) is 3.83. The molecule has 0 spiro atoms. The molecule has 6 heteroatoms. The average Bonchev–Trinajstić information content (AvgIpc) is 2.96. The summed E-state index contributed by atoms with van der Waals surface area (Å²) in [6, 6.07) is 12.9. The largest absolute Gasteiger partial charge is 0.497 e. The van der Waals surface area contributed by atoms with Gasteiger partial charge in [-0.15, -0.1) is 11.3 Å². The number of nitrogens with one attached hydrogen (secondary N) is 1. The van der Waals surface area contributed by atoms with Crippen molar-refractivity contribution < 1.29 is 14.3 Å². The van der Waals surface area contributed by atoms with Gasteiger partial charge in [-0.1, -0.05) is 24.6 Å². The predicted octanol–water partition coefficient (Wildman–Crippen LogP) is 5.60. The summed E-state index contributed by atoms with van der Waals surface area (Å²) in [5, 5.41) is 4.18. The molecule has 1 amide bonds. The van der Waals surface area contributed by atoms with Gasteiger partial charge in [-0.3, -0.25) is 4.79 Å². The number of fused-ring (bicyclic) bond motifs is 1. The Morgan fingerprint density at radius 2 is 2.04 bits per heavy atom. The molecule has 0 saturated heterocycles. The Morgan fingerprint density at radius 3 is 2.80 bits per heavy atom. The van der Waals surface area contributed by atoms with E-state index in [9.17, 15) is 4.79 Å². The molecule has 2 aromatic carbocycles. The third-order valence-electron chi connectivity index (χ3n) is 3.61. The Bertz CT molecular complexity index is 907. The molecule has 130 valence electrons. The van der Waals surface area contributed by atoms with Crippen LogP contribution in [0.3, 0.4) is 0 Å². The molecule has 0 unspecified atom stereocenters. The van der Waals surface area contributed by atoms with Crippen LogP contribution in [0.15, 0.2) is 42.5 Å². The van der Waals surface area contributed by atoms with Crippen LogP contribution in [0.25, 0.3) is 10.1 Å². The molecule has 1 N–H and O–H groups in total. The molecule has 0 atom stereocenters. The molecule has 4 nitrogen and oxygen atoms in total. The summed E-state index contributed by atoms with van der Waals surface area (Å²) in [5.74, 6) is 1.22. The molecule has 0 saturated carbocycles. The monoisotopic (exact) mass is 375 g/mol. The van der Waals surface area contributed by atoms with Crippen molar-refractivity contribution in [2.24, 2.45) is 0 Å². The minimum absolute atomic E-state index is 0.238. The lowest BCUT2D eigenvalue weighted by atomic mass is 10.2. The summed E-state index contributed by atoms with van der Waals surface area (Å²) in [7, 11) is 1.61. The number of hydrogen-bond acceptors (Lipinski definition) is 4. The number of anilines is 1. The number of ether oxygens (including phenoxy) is 2. The first kappa shape index (κ1) is 17.6. The van der Waals surface area contributed by atoms with Crippen LogP contribution in [-0.2, 0) is 0 Å². The van der Waals surface area contributed by atoms with Crippen LogP contribution in [0.5, 0.6) is 11.5 Å². The first-order valence-corrected chi connectivity index (χ1v) is 9.12. The Hall–Kier alpha value is -2.24. The van der Waals surface area contributed by atoms with Crippen molar-refractivity contribution in [2.75, 3.05) is 19.0 Å². The van der Waals surface area contributed by atoms with Crippen LogP contribution in [0, 0.1) is 0 Å². The highest BCUT2D eigenvalue weighted by molar-refractivity contribution is 7.21. The molecule has 1 aromatic heterocycles. The van der Waals surface area contributed by atoms with Gasteiger partial charge in [0.25, 0.3) is 5.91 Å². The van der Waals surface area contributed by atoms with E-state index in [1.807, 2.05) is 43.3 Å². The van der Waals surface area contributed by atoms with Gasteiger partial charge >= 0.3 is 0 Å². The second-order valence-electron chi connectivity index (χ2n) is 5.44. The van der Waals surface area contributed by atoms with E-state index in [4.69, 9.17) is 21.1 Å². The van der Waals surface area contributed by atoms with E-state index in [0.717, 1.165) is 28.0 Å². The van der Waals surface area contributed by atoms with E-state index >= 15 is 0 Å². The third-order valence-corrected chi connectivity index (χ3v) is 5.26. The van der Waals surface area contributed by atoms with Gasteiger partial charge in [-0.25, -0.2) is 0 Å². The summed E-state index contributed by atoms with van der Waals surface area (Å²) >= 11 is 7.74. The Labute approximate surface area is 155 Å². The molecule has 25 heavy (non-hydrogen) atoms. The predicted molar refractivity (Wildman–Crippen MR) is 104 cm³/mol. The summed E-state index contributed by atoms with van der Waals surface area (Å²) in [4.78, 5) is 13.1. The first-order chi connectivity index (χ1) is 12.1. The maximum Gasteiger partial charge on any atom is 0.267 e. The quantitative estimate of drug-likeness (QED) is 0.609. The standard InChI is InChI=1S/C19H18ClNO3S/c1-3-9-24-14-6-4-5-12(10-14)21-19(22)18-17(20)15-8-7-13(23-2)11-16(15)25-18/h4-8,10-11H,3,9H2,1-2H3,(H,21,22). The number of amides is 1. The zero-order valence-corrected chi connectivity index (χ0v) is 15.5. The first-order valence-electron chi connectivity index (χ1n) is 7.92. The highest BCUT2D eigenvalue weighted by Crippen LogP contribution is 2.37. The number of halogens is 1. The average molecular weight is 376 g/mol. The molecule has 3 rings (SSSR count). The maximum atomic E-state index is 12.6. The number of hydrogen-bond donors (Lipinski definition) is 1. The second-order valence-corrected chi connectivity index (χ2v) is 6.87. The van der Waals surface area contributed by atoms with Gasteiger partial charge < -0.3 is 14.8 Å². The fraction of sp³-hybridized carbons (Fsp3) is 0.211. The van der Waals surface area contributed by atoms with Gasteiger partial charge in [0.1, 0.15) is 16.4 Å². The van der Waals surface area contributed by atoms with Crippen LogP contribution >= 0.6 is 22.9 Å². The Kier molecular flexibility index (Phi) is 5.46. The van der Waals surface area contributed by atoms with Gasteiger partial charge in [0.2, 0.25) is 0 Å². The number of rotatable bonds is 6. The van der Waals surface area contributed by atoms with Crippen molar-refractivity contribution in [1.82, 2.24) is 0 Å². The summed E-state index contributed by atoms with van der Waals surface area (Å²) < 4.78 is 11.7. The SMILES string of the molecule is CCCOc1cccc(NC(=O)c2sc3cc(OC)ccc3c2Cl)c1. The van der Waals surface area contributed by atoms with Gasteiger partial charge in [0.05, 0.1) is 18.7 Å². The van der Waals surface area contributed by atoms with Gasteiger partial charge in [0, 0.05) is 21.8 Å². The molecule has 1 heterocycles. The molecule has 0 radical (unpaired) electrons. The lowest BCUT2D eigenvalue weighted by Crippen LogP contribution is -2.10. The zero-order valence-electron chi connectivity index (χ0n) is 14.0. The number of carbonyl (C=O) groups excluding carboxylic acids is 1. The molecular formula is C19H18ClNO3S. The van der Waals surface area contributed by atoms with Crippen molar-refractivity contribution in [1.29, 1.82) is 0 Å².